The molecule has 1 amide bonds. The molecule has 3 aromatic rings. The van der Waals surface area contributed by atoms with Crippen molar-refractivity contribution in [1.29, 1.82) is 0 Å². The van der Waals surface area contributed by atoms with E-state index in [2.05, 4.69) is 37.6 Å². The van der Waals surface area contributed by atoms with Gasteiger partial charge in [0, 0.05) is 49.8 Å². The number of carbonyl (C=O) groups is 1. The first kappa shape index (κ1) is 20.3. The highest BCUT2D eigenvalue weighted by Gasteiger charge is 2.37. The van der Waals surface area contributed by atoms with Crippen molar-refractivity contribution < 1.29 is 4.79 Å². The normalized spacial score (nSPS) is 21.5. The maximum atomic E-state index is 13.1. The topological polar surface area (TPSA) is 76.6 Å². The first-order valence-corrected chi connectivity index (χ1v) is 11.5. The largest absolute Gasteiger partial charge is 0.366 e. The van der Waals surface area contributed by atoms with Crippen LogP contribution in [0.2, 0.25) is 5.02 Å². The summed E-state index contributed by atoms with van der Waals surface area (Å²) in [6, 6.07) is 16.9. The number of fused-ring (bicyclic) bond motifs is 3. The number of para-hydroxylation sites is 1. The van der Waals surface area contributed by atoms with Gasteiger partial charge in [-0.15, -0.1) is 0 Å². The Hall–Kier alpha value is -3.36. The van der Waals surface area contributed by atoms with Crippen LogP contribution in [0.5, 0.6) is 0 Å². The van der Waals surface area contributed by atoms with Crippen molar-refractivity contribution in [2.75, 3.05) is 46.8 Å². The van der Waals surface area contributed by atoms with Crippen LogP contribution in [0.4, 0.5) is 28.8 Å². The Morgan fingerprint density at radius 2 is 1.97 bits per heavy atom. The highest BCUT2D eigenvalue weighted by molar-refractivity contribution is 6.34. The first-order valence-electron chi connectivity index (χ1n) is 11.1. The number of nitrogens with zero attached hydrogens (tertiary/aromatic N) is 5. The molecule has 0 unspecified atom stereocenters. The molecule has 6 rings (SSSR count). The van der Waals surface area contributed by atoms with Crippen molar-refractivity contribution in [2.24, 2.45) is 0 Å². The van der Waals surface area contributed by atoms with E-state index in [4.69, 9.17) is 11.6 Å². The molecular formula is C24H24ClN7O. The van der Waals surface area contributed by atoms with Gasteiger partial charge in [-0.05, 0) is 42.8 Å². The number of hydrogen-bond acceptors (Lipinski definition) is 7. The number of amides is 1. The number of piperazine rings is 1. The fraction of sp³-hybridized carbons (Fsp3) is 0.292. The predicted molar refractivity (Wildman–Crippen MR) is 131 cm³/mol. The van der Waals surface area contributed by atoms with Crippen molar-refractivity contribution in [1.82, 2.24) is 15.3 Å². The van der Waals surface area contributed by atoms with E-state index in [-0.39, 0.29) is 5.91 Å². The summed E-state index contributed by atoms with van der Waals surface area (Å²) < 4.78 is 0. The molecule has 2 bridgehead atoms. The van der Waals surface area contributed by atoms with Crippen LogP contribution in [-0.4, -0.2) is 54.8 Å². The predicted octanol–water partition coefficient (Wildman–Crippen LogP) is 3.48. The van der Waals surface area contributed by atoms with Gasteiger partial charge < -0.3 is 20.4 Å². The number of benzene rings is 2. The molecule has 2 fully saturated rings. The number of nitrogens with one attached hydrogen (secondary N) is 2. The van der Waals surface area contributed by atoms with Gasteiger partial charge in [0.2, 0.25) is 5.95 Å². The van der Waals surface area contributed by atoms with E-state index in [9.17, 15) is 4.79 Å². The van der Waals surface area contributed by atoms with Crippen LogP contribution in [0.1, 0.15) is 16.8 Å². The maximum absolute atomic E-state index is 13.1. The van der Waals surface area contributed by atoms with Gasteiger partial charge in [0.05, 0.1) is 17.4 Å². The highest BCUT2D eigenvalue weighted by Crippen LogP contribution is 2.33. The van der Waals surface area contributed by atoms with Crippen LogP contribution in [0.15, 0.2) is 54.7 Å². The number of carbonyl (C=O) groups excluding carboxylic acids is 1. The van der Waals surface area contributed by atoms with Crippen LogP contribution in [-0.2, 0) is 0 Å². The van der Waals surface area contributed by atoms with E-state index in [0.717, 1.165) is 18.8 Å². The van der Waals surface area contributed by atoms with Gasteiger partial charge >= 0.3 is 0 Å². The number of anilines is 5. The third-order valence-corrected chi connectivity index (χ3v) is 6.93. The van der Waals surface area contributed by atoms with E-state index in [0.29, 0.717) is 46.8 Å². The summed E-state index contributed by atoms with van der Waals surface area (Å²) in [6.07, 6.45) is 2.80. The second kappa shape index (κ2) is 7.90. The number of rotatable bonds is 4. The van der Waals surface area contributed by atoms with Gasteiger partial charge in [-0.3, -0.25) is 9.69 Å². The molecule has 3 aliphatic heterocycles. The smallest absolute Gasteiger partial charge is 0.265 e. The molecule has 0 aliphatic carbocycles. The van der Waals surface area contributed by atoms with Crippen molar-refractivity contribution in [2.45, 2.75) is 18.5 Å². The summed E-state index contributed by atoms with van der Waals surface area (Å²) in [6.45, 7) is 2.48. The molecule has 2 saturated heterocycles. The Morgan fingerprint density at radius 1 is 1.15 bits per heavy atom. The van der Waals surface area contributed by atoms with E-state index in [1.807, 2.05) is 42.3 Å². The minimum absolute atomic E-state index is 0.165. The molecular weight excluding hydrogens is 438 g/mol. The van der Waals surface area contributed by atoms with Crippen molar-refractivity contribution in [3.63, 3.8) is 0 Å². The summed E-state index contributed by atoms with van der Waals surface area (Å²) in [5.74, 6) is 0.885. The molecule has 0 saturated carbocycles. The van der Waals surface area contributed by atoms with Crippen LogP contribution in [0.3, 0.4) is 0 Å². The Kier molecular flexibility index (Phi) is 4.85. The monoisotopic (exact) mass is 461 g/mol. The molecule has 3 aliphatic rings. The van der Waals surface area contributed by atoms with Crippen LogP contribution >= 0.6 is 11.6 Å². The minimum Gasteiger partial charge on any atom is -0.366 e. The molecule has 8 nitrogen and oxygen atoms in total. The van der Waals surface area contributed by atoms with Crippen molar-refractivity contribution in [3.05, 3.63) is 65.3 Å². The van der Waals surface area contributed by atoms with Crippen LogP contribution in [0, 0.1) is 0 Å². The van der Waals surface area contributed by atoms with Gasteiger partial charge in [-0.1, -0.05) is 23.7 Å². The van der Waals surface area contributed by atoms with E-state index in [1.165, 1.54) is 12.1 Å². The highest BCUT2D eigenvalue weighted by atomic mass is 35.5. The average molecular weight is 462 g/mol. The van der Waals surface area contributed by atoms with Gasteiger partial charge in [-0.25, -0.2) is 4.98 Å². The SMILES string of the molecule is CN1CN(c2ccccc2Cl)C(=O)c2cnc(Nc3ccc(N4C[C@H]5C[C@H]4CN5)cc3)nc21. The van der Waals surface area contributed by atoms with Gasteiger partial charge in [-0.2, -0.15) is 4.98 Å². The van der Waals surface area contributed by atoms with E-state index >= 15 is 0 Å². The zero-order valence-corrected chi connectivity index (χ0v) is 19.0. The fourth-order valence-corrected chi connectivity index (χ4v) is 5.20. The molecule has 33 heavy (non-hydrogen) atoms. The second-order valence-electron chi connectivity index (χ2n) is 8.77. The summed E-state index contributed by atoms with van der Waals surface area (Å²) in [4.78, 5) is 28.2. The molecule has 9 heteroatoms. The second-order valence-corrected chi connectivity index (χ2v) is 9.18. The molecule has 2 N–H and O–H groups in total. The standard InChI is InChI=1S/C24H24ClN7O/c1-30-14-32(21-5-3-2-4-20(21)25)23(33)19-12-27-24(29-22(19)30)28-15-6-8-17(9-7-15)31-13-16-10-18(31)11-26-16/h2-9,12,16,18,26H,10-11,13-14H2,1H3,(H,27,28,29)/t16-,18+/m1/s1. The molecule has 0 radical (unpaired) electrons. The van der Waals surface area contributed by atoms with E-state index in [1.54, 1.807) is 17.2 Å². The first-order chi connectivity index (χ1) is 16.1. The van der Waals surface area contributed by atoms with Crippen LogP contribution in [0.25, 0.3) is 0 Å². The third kappa shape index (κ3) is 3.55. The lowest BCUT2D eigenvalue weighted by Gasteiger charge is -2.35. The molecule has 2 atom stereocenters. The Labute approximate surface area is 197 Å². The summed E-state index contributed by atoms with van der Waals surface area (Å²) in [5.41, 5.74) is 3.27. The molecule has 2 aromatic carbocycles. The lowest BCUT2D eigenvalue weighted by molar-refractivity contribution is 0.0982. The lowest BCUT2D eigenvalue weighted by Crippen LogP contribution is -2.46. The molecule has 4 heterocycles. The molecule has 1 aromatic heterocycles. The molecule has 0 spiro atoms. The zero-order chi connectivity index (χ0) is 22.5. The maximum Gasteiger partial charge on any atom is 0.265 e. The molecule has 168 valence electrons. The Morgan fingerprint density at radius 3 is 2.70 bits per heavy atom. The quantitative estimate of drug-likeness (QED) is 0.616. The van der Waals surface area contributed by atoms with Crippen molar-refractivity contribution in [3.8, 4) is 0 Å². The Balaban J connectivity index is 1.21. The minimum atomic E-state index is -0.165. The fourth-order valence-electron chi connectivity index (χ4n) is 4.96. The third-order valence-electron chi connectivity index (χ3n) is 6.61. The average Bonchev–Trinajstić information content (AvgIpc) is 3.46. The van der Waals surface area contributed by atoms with E-state index < -0.39 is 0 Å². The van der Waals surface area contributed by atoms with Gasteiger partial charge in [0.1, 0.15) is 11.4 Å². The zero-order valence-electron chi connectivity index (χ0n) is 18.2. The summed E-state index contributed by atoms with van der Waals surface area (Å²) in [5, 5.41) is 7.34. The number of halogens is 1. The summed E-state index contributed by atoms with van der Waals surface area (Å²) in [7, 11) is 1.90. The van der Waals surface area contributed by atoms with Crippen LogP contribution < -0.4 is 25.3 Å². The number of aromatic nitrogens is 2. The Bertz CT molecular complexity index is 1220. The van der Waals surface area contributed by atoms with Gasteiger partial charge in [0.25, 0.3) is 5.91 Å². The van der Waals surface area contributed by atoms with Crippen molar-refractivity contribution >= 4 is 46.3 Å². The summed E-state index contributed by atoms with van der Waals surface area (Å²) >= 11 is 6.32. The number of hydrogen-bond donors (Lipinski definition) is 2. The van der Waals surface area contributed by atoms with Gasteiger partial charge in [0.15, 0.2) is 0 Å². The lowest BCUT2D eigenvalue weighted by atomic mass is 10.2.